The normalized spacial score (nSPS) is 20.0. The van der Waals surface area contributed by atoms with Crippen molar-refractivity contribution < 1.29 is 4.79 Å². The van der Waals surface area contributed by atoms with Gasteiger partial charge in [-0.25, -0.2) is 0 Å². The number of piperidine rings is 1. The van der Waals surface area contributed by atoms with Gasteiger partial charge in [0.25, 0.3) is 0 Å². The second-order valence-electron chi connectivity index (χ2n) is 6.49. The van der Waals surface area contributed by atoms with E-state index in [0.29, 0.717) is 24.8 Å². The van der Waals surface area contributed by atoms with E-state index in [9.17, 15) is 4.79 Å². The van der Waals surface area contributed by atoms with Gasteiger partial charge in [0, 0.05) is 13.0 Å². The maximum Gasteiger partial charge on any atom is 0.220 e. The van der Waals surface area contributed by atoms with Crippen LogP contribution in [0.5, 0.6) is 0 Å². The minimum absolute atomic E-state index is 0.174. The molecule has 3 heteroatoms. The molecule has 1 aromatic rings. The number of hydrogen-bond acceptors (Lipinski definition) is 2. The molecule has 21 heavy (non-hydrogen) atoms. The van der Waals surface area contributed by atoms with Gasteiger partial charge >= 0.3 is 0 Å². The van der Waals surface area contributed by atoms with E-state index in [2.05, 4.69) is 49.6 Å². The summed E-state index contributed by atoms with van der Waals surface area (Å²) in [6, 6.07) is 6.38. The molecule has 1 amide bonds. The van der Waals surface area contributed by atoms with E-state index in [1.807, 2.05) is 0 Å². The highest BCUT2D eigenvalue weighted by Gasteiger charge is 2.21. The fraction of sp³-hybridized carbons (Fsp3) is 0.611. The zero-order chi connectivity index (χ0) is 15.2. The van der Waals surface area contributed by atoms with E-state index in [1.165, 1.54) is 29.5 Å². The summed E-state index contributed by atoms with van der Waals surface area (Å²) >= 11 is 0. The minimum atomic E-state index is 0.174. The second-order valence-corrected chi connectivity index (χ2v) is 6.49. The van der Waals surface area contributed by atoms with Gasteiger partial charge in [-0.1, -0.05) is 30.7 Å². The first-order valence-corrected chi connectivity index (χ1v) is 8.10. The number of carbonyl (C=O) groups excluding carboxylic acids is 1. The Morgan fingerprint density at radius 3 is 2.90 bits per heavy atom. The number of aryl methyl sites for hydroxylation is 2. The van der Waals surface area contributed by atoms with Crippen molar-refractivity contribution in [1.29, 1.82) is 0 Å². The molecule has 2 atom stereocenters. The van der Waals surface area contributed by atoms with Crippen LogP contribution >= 0.6 is 0 Å². The van der Waals surface area contributed by atoms with Gasteiger partial charge in [0.05, 0.1) is 0 Å². The maximum absolute atomic E-state index is 12.1. The monoisotopic (exact) mass is 288 g/mol. The summed E-state index contributed by atoms with van der Waals surface area (Å²) in [5, 5.41) is 6.50. The maximum atomic E-state index is 12.1. The quantitative estimate of drug-likeness (QED) is 0.874. The number of rotatable bonds is 5. The lowest BCUT2D eigenvalue weighted by Crippen LogP contribution is -2.35. The predicted octanol–water partition coefficient (Wildman–Crippen LogP) is 2.95. The minimum Gasteiger partial charge on any atom is -0.352 e. The Morgan fingerprint density at radius 2 is 2.24 bits per heavy atom. The van der Waals surface area contributed by atoms with E-state index >= 15 is 0 Å². The van der Waals surface area contributed by atoms with Crippen molar-refractivity contribution in [3.63, 3.8) is 0 Å². The Bertz CT molecular complexity index is 478. The van der Waals surface area contributed by atoms with Crippen molar-refractivity contribution in [2.45, 2.75) is 46.6 Å². The van der Waals surface area contributed by atoms with Crippen LogP contribution in [0.1, 0.15) is 42.9 Å². The summed E-state index contributed by atoms with van der Waals surface area (Å²) < 4.78 is 0. The van der Waals surface area contributed by atoms with Crippen LogP contribution in [0.4, 0.5) is 0 Å². The second kappa shape index (κ2) is 7.60. The van der Waals surface area contributed by atoms with Crippen molar-refractivity contribution in [1.82, 2.24) is 10.6 Å². The van der Waals surface area contributed by atoms with Gasteiger partial charge in [0.15, 0.2) is 0 Å². The summed E-state index contributed by atoms with van der Waals surface area (Å²) in [6.07, 6.45) is 3.12. The summed E-state index contributed by atoms with van der Waals surface area (Å²) in [5.74, 6) is 1.27. The van der Waals surface area contributed by atoms with E-state index in [-0.39, 0.29) is 5.91 Å². The van der Waals surface area contributed by atoms with Crippen LogP contribution in [-0.4, -0.2) is 19.0 Å². The molecule has 1 saturated heterocycles. The molecule has 0 aromatic heterocycles. The van der Waals surface area contributed by atoms with Crippen molar-refractivity contribution >= 4 is 5.91 Å². The molecule has 0 bridgehead atoms. The van der Waals surface area contributed by atoms with Gasteiger partial charge in [0.2, 0.25) is 5.91 Å². The molecule has 1 aromatic carbocycles. The van der Waals surface area contributed by atoms with Crippen molar-refractivity contribution in [3.05, 3.63) is 34.9 Å². The highest BCUT2D eigenvalue weighted by molar-refractivity contribution is 5.76. The van der Waals surface area contributed by atoms with Crippen LogP contribution < -0.4 is 10.6 Å². The standard InChI is InChI=1S/C18H28N2O/c1-13-6-7-17(14(2)9-13)12-20-18(21)10-15(3)16-5-4-8-19-11-16/h6-7,9,15-16,19H,4-5,8,10-12H2,1-3H3,(H,20,21). The van der Waals surface area contributed by atoms with Crippen LogP contribution in [0.25, 0.3) is 0 Å². The molecule has 1 fully saturated rings. The molecule has 0 saturated carbocycles. The fourth-order valence-corrected chi connectivity index (χ4v) is 3.13. The summed E-state index contributed by atoms with van der Waals surface area (Å²) in [4.78, 5) is 12.1. The first-order chi connectivity index (χ1) is 10.1. The summed E-state index contributed by atoms with van der Waals surface area (Å²) in [6.45, 7) is 9.22. The molecular formula is C18H28N2O. The first-order valence-electron chi connectivity index (χ1n) is 8.10. The molecule has 2 rings (SSSR count). The van der Waals surface area contributed by atoms with Crippen LogP contribution in [0.2, 0.25) is 0 Å². The molecule has 0 spiro atoms. The third-order valence-corrected chi connectivity index (χ3v) is 4.62. The number of carbonyl (C=O) groups is 1. The summed E-state index contributed by atoms with van der Waals surface area (Å²) in [7, 11) is 0. The lowest BCUT2D eigenvalue weighted by Gasteiger charge is -2.28. The topological polar surface area (TPSA) is 41.1 Å². The Kier molecular flexibility index (Phi) is 5.80. The third-order valence-electron chi connectivity index (χ3n) is 4.62. The Morgan fingerprint density at radius 1 is 1.43 bits per heavy atom. The number of amides is 1. The van der Waals surface area contributed by atoms with Crippen LogP contribution in [-0.2, 0) is 11.3 Å². The van der Waals surface area contributed by atoms with Crippen LogP contribution in [0.3, 0.4) is 0 Å². The molecule has 3 nitrogen and oxygen atoms in total. The van der Waals surface area contributed by atoms with Gasteiger partial charge in [0.1, 0.15) is 0 Å². The highest BCUT2D eigenvalue weighted by Crippen LogP contribution is 2.22. The highest BCUT2D eigenvalue weighted by atomic mass is 16.1. The van der Waals surface area contributed by atoms with Gasteiger partial charge in [-0.2, -0.15) is 0 Å². The molecule has 0 radical (unpaired) electrons. The fourth-order valence-electron chi connectivity index (χ4n) is 3.13. The van der Waals surface area contributed by atoms with Crippen molar-refractivity contribution in [2.75, 3.05) is 13.1 Å². The zero-order valence-corrected chi connectivity index (χ0v) is 13.5. The Hall–Kier alpha value is -1.35. The first kappa shape index (κ1) is 16.0. The molecule has 1 heterocycles. The Labute approximate surface area is 128 Å². The SMILES string of the molecule is Cc1ccc(CNC(=O)CC(C)C2CCCNC2)c(C)c1. The molecular weight excluding hydrogens is 260 g/mol. The number of nitrogens with one attached hydrogen (secondary N) is 2. The lowest BCUT2D eigenvalue weighted by molar-refractivity contribution is -0.122. The predicted molar refractivity (Wildman–Crippen MR) is 87.1 cm³/mol. The summed E-state index contributed by atoms with van der Waals surface area (Å²) in [5.41, 5.74) is 3.72. The Balaban J connectivity index is 1.78. The lowest BCUT2D eigenvalue weighted by atomic mass is 9.85. The van der Waals surface area contributed by atoms with Gasteiger partial charge in [-0.3, -0.25) is 4.79 Å². The van der Waals surface area contributed by atoms with Gasteiger partial charge in [-0.15, -0.1) is 0 Å². The average Bonchev–Trinajstić information content (AvgIpc) is 2.47. The molecule has 1 aliphatic rings. The number of benzene rings is 1. The van der Waals surface area contributed by atoms with E-state index in [4.69, 9.17) is 0 Å². The largest absolute Gasteiger partial charge is 0.352 e. The molecule has 1 aliphatic heterocycles. The van der Waals surface area contributed by atoms with Crippen LogP contribution in [0, 0.1) is 25.7 Å². The molecule has 116 valence electrons. The van der Waals surface area contributed by atoms with Crippen LogP contribution in [0.15, 0.2) is 18.2 Å². The number of hydrogen-bond donors (Lipinski definition) is 2. The zero-order valence-electron chi connectivity index (χ0n) is 13.5. The third kappa shape index (κ3) is 4.85. The van der Waals surface area contributed by atoms with Gasteiger partial charge < -0.3 is 10.6 Å². The van der Waals surface area contributed by atoms with E-state index in [0.717, 1.165) is 13.1 Å². The average molecular weight is 288 g/mol. The van der Waals surface area contributed by atoms with E-state index in [1.54, 1.807) is 0 Å². The molecule has 0 aliphatic carbocycles. The smallest absolute Gasteiger partial charge is 0.220 e. The molecule has 2 N–H and O–H groups in total. The van der Waals surface area contributed by atoms with Crippen molar-refractivity contribution in [2.24, 2.45) is 11.8 Å². The molecule has 2 unspecified atom stereocenters. The van der Waals surface area contributed by atoms with Gasteiger partial charge in [-0.05, 0) is 62.7 Å². The van der Waals surface area contributed by atoms with E-state index < -0.39 is 0 Å². The van der Waals surface area contributed by atoms with Crippen molar-refractivity contribution in [3.8, 4) is 0 Å².